The average molecular weight is 314 g/mol. The Bertz CT molecular complexity index is 210. The van der Waals surface area contributed by atoms with Crippen LogP contribution >= 0.6 is 22.9 Å². The van der Waals surface area contributed by atoms with Crippen molar-refractivity contribution in [3.63, 3.8) is 0 Å². The predicted octanol–water partition coefficient (Wildman–Crippen LogP) is -0.0153. The van der Waals surface area contributed by atoms with Gasteiger partial charge in [0.2, 0.25) is 0 Å². The Morgan fingerprint density at radius 2 is 2.36 bits per heavy atom. The molecule has 0 aliphatic heterocycles. The van der Waals surface area contributed by atoms with Crippen LogP contribution in [0.3, 0.4) is 0 Å². The molecular formula is C7H15IN4O2. The maximum absolute atomic E-state index is 10.7. The van der Waals surface area contributed by atoms with Crippen LogP contribution in [0.1, 0.15) is 12.8 Å². The molecule has 0 aromatic carbocycles. The summed E-state index contributed by atoms with van der Waals surface area (Å²) in [5.74, 6) is -0.913. The highest BCUT2D eigenvalue weighted by molar-refractivity contribution is 14.1. The SMILES string of the molecule is CN(I)C(CCCNC(=N)N)C(=O)O. The van der Waals surface area contributed by atoms with Crippen LogP contribution in [0.2, 0.25) is 0 Å². The number of hydrogen-bond donors (Lipinski definition) is 4. The van der Waals surface area contributed by atoms with Gasteiger partial charge >= 0.3 is 5.97 Å². The molecule has 0 radical (unpaired) electrons. The number of aliphatic carboxylic acids is 1. The van der Waals surface area contributed by atoms with Gasteiger partial charge in [0.25, 0.3) is 0 Å². The standard InChI is InChI=1S/C7H15IN4O2/c1-12(8)5(6(13)14)3-2-4-11-7(9)10/h5H,2-4H2,1H3,(H,13,14)(H4,9,10,11). The summed E-state index contributed by atoms with van der Waals surface area (Å²) in [5, 5.41) is 18.3. The molecule has 1 unspecified atom stereocenters. The second kappa shape index (κ2) is 6.82. The molecule has 0 aromatic rings. The van der Waals surface area contributed by atoms with E-state index in [2.05, 4.69) is 5.32 Å². The van der Waals surface area contributed by atoms with E-state index >= 15 is 0 Å². The van der Waals surface area contributed by atoms with Crippen molar-refractivity contribution in [3.8, 4) is 0 Å². The summed E-state index contributed by atoms with van der Waals surface area (Å²) in [5.41, 5.74) is 5.07. The molecule has 1 atom stereocenters. The lowest BCUT2D eigenvalue weighted by Crippen LogP contribution is -2.34. The number of halogens is 1. The number of likely N-dealkylation sites (N-methyl/N-ethyl adjacent to an activating group) is 1. The fraction of sp³-hybridized carbons (Fsp3) is 0.714. The number of guanidine groups is 1. The highest BCUT2D eigenvalue weighted by Crippen LogP contribution is 2.09. The highest BCUT2D eigenvalue weighted by atomic mass is 127. The van der Waals surface area contributed by atoms with Gasteiger partial charge in [0.05, 0.1) is 0 Å². The van der Waals surface area contributed by atoms with Crippen molar-refractivity contribution >= 4 is 34.8 Å². The smallest absolute Gasteiger partial charge is 0.321 e. The van der Waals surface area contributed by atoms with E-state index in [0.29, 0.717) is 19.4 Å². The van der Waals surface area contributed by atoms with Crippen molar-refractivity contribution in [1.29, 1.82) is 5.41 Å². The van der Waals surface area contributed by atoms with E-state index in [1.807, 2.05) is 22.9 Å². The van der Waals surface area contributed by atoms with Crippen molar-refractivity contribution in [2.24, 2.45) is 5.73 Å². The number of carbonyl (C=O) groups is 1. The van der Waals surface area contributed by atoms with Crippen molar-refractivity contribution in [3.05, 3.63) is 0 Å². The summed E-state index contributed by atoms with van der Waals surface area (Å²) in [6.45, 7) is 0.531. The van der Waals surface area contributed by atoms with Gasteiger partial charge in [0.1, 0.15) is 6.04 Å². The number of rotatable bonds is 6. The molecule has 6 nitrogen and oxygen atoms in total. The minimum absolute atomic E-state index is 0.0836. The molecule has 0 amide bonds. The van der Waals surface area contributed by atoms with Crippen LogP contribution < -0.4 is 11.1 Å². The fourth-order valence-corrected chi connectivity index (χ4v) is 1.49. The Morgan fingerprint density at radius 1 is 1.79 bits per heavy atom. The van der Waals surface area contributed by atoms with Crippen molar-refractivity contribution < 1.29 is 9.90 Å². The summed E-state index contributed by atoms with van der Waals surface area (Å²) in [7, 11) is 1.72. The minimum atomic E-state index is -0.829. The Morgan fingerprint density at radius 3 is 2.71 bits per heavy atom. The van der Waals surface area contributed by atoms with Gasteiger partial charge in [-0.05, 0) is 19.9 Å². The molecule has 5 N–H and O–H groups in total. The van der Waals surface area contributed by atoms with Crippen molar-refractivity contribution in [2.45, 2.75) is 18.9 Å². The lowest BCUT2D eigenvalue weighted by atomic mass is 10.1. The topological polar surface area (TPSA) is 102 Å². The Hall–Kier alpha value is -0.570. The minimum Gasteiger partial charge on any atom is -0.480 e. The summed E-state index contributed by atoms with van der Waals surface area (Å²) in [6.07, 6.45) is 1.21. The molecule has 14 heavy (non-hydrogen) atoms. The molecule has 0 heterocycles. The van der Waals surface area contributed by atoms with E-state index in [1.54, 1.807) is 10.2 Å². The van der Waals surface area contributed by atoms with E-state index < -0.39 is 12.0 Å². The summed E-state index contributed by atoms with van der Waals surface area (Å²) in [6, 6.07) is -0.482. The van der Waals surface area contributed by atoms with Crippen molar-refractivity contribution in [1.82, 2.24) is 8.43 Å². The monoisotopic (exact) mass is 314 g/mol. The maximum Gasteiger partial charge on any atom is 0.321 e. The molecule has 7 heteroatoms. The molecule has 0 saturated heterocycles. The molecule has 0 bridgehead atoms. The molecule has 82 valence electrons. The lowest BCUT2D eigenvalue weighted by molar-refractivity contribution is -0.140. The average Bonchev–Trinajstić information content (AvgIpc) is 2.01. The number of nitrogens with two attached hydrogens (primary N) is 1. The summed E-state index contributed by atoms with van der Waals surface area (Å²) in [4.78, 5) is 10.7. The van der Waals surface area contributed by atoms with Crippen LogP contribution in [0.25, 0.3) is 0 Å². The number of hydrogen-bond acceptors (Lipinski definition) is 3. The first-order valence-corrected chi connectivity index (χ1v) is 5.11. The predicted molar refractivity (Wildman–Crippen MR) is 62.4 cm³/mol. The third-order valence-electron chi connectivity index (χ3n) is 1.68. The first-order chi connectivity index (χ1) is 6.45. The van der Waals surface area contributed by atoms with E-state index in [0.717, 1.165) is 0 Å². The van der Waals surface area contributed by atoms with Crippen LogP contribution in [0.5, 0.6) is 0 Å². The number of nitrogens with zero attached hydrogens (tertiary/aromatic N) is 1. The van der Waals surface area contributed by atoms with Gasteiger partial charge in [-0.3, -0.25) is 10.2 Å². The molecule has 0 rings (SSSR count). The van der Waals surface area contributed by atoms with Gasteiger partial charge in [-0.15, -0.1) is 0 Å². The first kappa shape index (κ1) is 13.4. The van der Waals surface area contributed by atoms with Gasteiger partial charge < -0.3 is 16.2 Å². The van der Waals surface area contributed by atoms with Crippen LogP contribution in [0, 0.1) is 5.41 Å². The molecule has 0 spiro atoms. The zero-order chi connectivity index (χ0) is 11.1. The zero-order valence-electron chi connectivity index (χ0n) is 7.96. The molecule has 0 fully saturated rings. The Balaban J connectivity index is 3.73. The van der Waals surface area contributed by atoms with E-state index in [4.69, 9.17) is 16.2 Å². The van der Waals surface area contributed by atoms with E-state index in [1.165, 1.54) is 0 Å². The second-order valence-corrected chi connectivity index (χ2v) is 4.38. The second-order valence-electron chi connectivity index (χ2n) is 2.86. The molecular weight excluding hydrogens is 299 g/mol. The van der Waals surface area contributed by atoms with Gasteiger partial charge in [0, 0.05) is 29.4 Å². The Labute approximate surface area is 96.8 Å². The van der Waals surface area contributed by atoms with Gasteiger partial charge in [0.15, 0.2) is 5.96 Å². The van der Waals surface area contributed by atoms with E-state index in [9.17, 15) is 4.79 Å². The number of carboxylic acids is 1. The van der Waals surface area contributed by atoms with Crippen LogP contribution in [0.4, 0.5) is 0 Å². The highest BCUT2D eigenvalue weighted by Gasteiger charge is 2.19. The Kier molecular flexibility index (Phi) is 6.54. The van der Waals surface area contributed by atoms with Gasteiger partial charge in [-0.1, -0.05) is 0 Å². The van der Waals surface area contributed by atoms with Gasteiger partial charge in [-0.25, -0.2) is 3.11 Å². The van der Waals surface area contributed by atoms with Crippen LogP contribution in [0.15, 0.2) is 0 Å². The summed E-state index contributed by atoms with van der Waals surface area (Å²) >= 11 is 1.95. The first-order valence-electron chi connectivity index (χ1n) is 4.14. The zero-order valence-corrected chi connectivity index (χ0v) is 10.1. The molecule has 0 aromatic heterocycles. The number of nitrogens with one attached hydrogen (secondary N) is 2. The molecule has 0 aliphatic carbocycles. The normalized spacial score (nSPS) is 12.5. The van der Waals surface area contributed by atoms with Crippen LogP contribution in [-0.2, 0) is 4.79 Å². The number of carboxylic acid groups (broad SMARTS) is 1. The quantitative estimate of drug-likeness (QED) is 0.181. The third-order valence-corrected chi connectivity index (χ3v) is 2.36. The fourth-order valence-electron chi connectivity index (χ4n) is 0.972. The molecule has 0 saturated carbocycles. The maximum atomic E-state index is 10.7. The van der Waals surface area contributed by atoms with Crippen LogP contribution in [-0.4, -0.2) is 39.8 Å². The molecule has 0 aliphatic rings. The van der Waals surface area contributed by atoms with E-state index in [-0.39, 0.29) is 5.96 Å². The lowest BCUT2D eigenvalue weighted by Gasteiger charge is -2.17. The summed E-state index contributed by atoms with van der Waals surface area (Å²) < 4.78 is 1.63. The van der Waals surface area contributed by atoms with Gasteiger partial charge in [-0.2, -0.15) is 0 Å². The van der Waals surface area contributed by atoms with Crippen molar-refractivity contribution in [2.75, 3.05) is 13.6 Å². The largest absolute Gasteiger partial charge is 0.480 e. The third kappa shape index (κ3) is 5.97.